The standard InChI is InChI=1S/C8H6I2O3/c1-13-8(12)4-2-6(10)7(11)3-5(4)9/h2-3,11H,1H3. The Balaban J connectivity index is 3.23. The van der Waals surface area contributed by atoms with E-state index in [0.29, 0.717) is 12.7 Å². The number of methoxy groups -OCH3 is 1. The molecule has 0 atom stereocenters. The third-order valence-electron chi connectivity index (χ3n) is 1.44. The normalized spacial score (nSPS) is 9.77. The van der Waals surface area contributed by atoms with Crippen molar-refractivity contribution in [3.8, 4) is 5.75 Å². The van der Waals surface area contributed by atoms with Crippen molar-refractivity contribution in [2.24, 2.45) is 0 Å². The molecule has 0 aliphatic heterocycles. The lowest BCUT2D eigenvalue weighted by molar-refractivity contribution is 0.0599. The molecule has 0 fully saturated rings. The average Bonchev–Trinajstić information content (AvgIpc) is 2.10. The Kier molecular flexibility index (Phi) is 3.77. The van der Waals surface area contributed by atoms with Crippen molar-refractivity contribution in [2.75, 3.05) is 7.11 Å². The van der Waals surface area contributed by atoms with Gasteiger partial charge in [0.15, 0.2) is 0 Å². The fourth-order valence-electron chi connectivity index (χ4n) is 0.803. The van der Waals surface area contributed by atoms with Crippen LogP contribution in [0.3, 0.4) is 0 Å². The van der Waals surface area contributed by atoms with Crippen LogP contribution in [0, 0.1) is 7.14 Å². The van der Waals surface area contributed by atoms with Crippen molar-refractivity contribution in [3.63, 3.8) is 0 Å². The molecule has 70 valence electrons. The van der Waals surface area contributed by atoms with Gasteiger partial charge in [-0.3, -0.25) is 0 Å². The number of aromatic hydroxyl groups is 1. The lowest BCUT2D eigenvalue weighted by atomic mass is 10.2. The smallest absolute Gasteiger partial charge is 0.338 e. The van der Waals surface area contributed by atoms with Crippen LogP contribution < -0.4 is 0 Å². The molecule has 1 aromatic rings. The molecule has 0 aliphatic rings. The zero-order chi connectivity index (χ0) is 10.0. The Bertz CT molecular complexity index is 349. The second kappa shape index (κ2) is 4.45. The number of benzene rings is 1. The van der Waals surface area contributed by atoms with E-state index in [1.54, 1.807) is 6.07 Å². The molecule has 1 aromatic carbocycles. The van der Waals surface area contributed by atoms with Gasteiger partial charge in [0.1, 0.15) is 5.75 Å². The third kappa shape index (κ3) is 2.46. The molecule has 0 spiro atoms. The number of hydrogen-bond acceptors (Lipinski definition) is 3. The summed E-state index contributed by atoms with van der Waals surface area (Å²) in [5, 5.41) is 9.31. The van der Waals surface area contributed by atoms with Gasteiger partial charge in [-0.15, -0.1) is 0 Å². The van der Waals surface area contributed by atoms with Crippen LogP contribution in [0.25, 0.3) is 0 Å². The molecule has 1 N–H and O–H groups in total. The maximum atomic E-state index is 11.2. The molecular weight excluding hydrogens is 398 g/mol. The number of rotatable bonds is 1. The summed E-state index contributed by atoms with van der Waals surface area (Å²) in [6, 6.07) is 3.14. The summed E-state index contributed by atoms with van der Waals surface area (Å²) in [5.41, 5.74) is 0.477. The highest BCUT2D eigenvalue weighted by Gasteiger charge is 2.12. The lowest BCUT2D eigenvalue weighted by Gasteiger charge is -2.04. The van der Waals surface area contributed by atoms with Crippen LogP contribution in [0.2, 0.25) is 0 Å². The molecule has 0 aliphatic carbocycles. The number of esters is 1. The number of phenols is 1. The Morgan fingerprint density at radius 1 is 1.38 bits per heavy atom. The van der Waals surface area contributed by atoms with E-state index in [9.17, 15) is 9.90 Å². The second-order valence-electron chi connectivity index (χ2n) is 2.28. The Hall–Kier alpha value is -0.0500. The largest absolute Gasteiger partial charge is 0.507 e. The van der Waals surface area contributed by atoms with Crippen LogP contribution in [0.5, 0.6) is 5.75 Å². The van der Waals surface area contributed by atoms with Gasteiger partial charge in [0.05, 0.1) is 16.2 Å². The Morgan fingerprint density at radius 3 is 2.54 bits per heavy atom. The predicted molar refractivity (Wildman–Crippen MR) is 64.9 cm³/mol. The molecule has 1 rings (SSSR count). The molecule has 0 saturated carbocycles. The molecule has 0 aromatic heterocycles. The first-order chi connectivity index (χ1) is 6.06. The first-order valence-corrected chi connectivity index (χ1v) is 5.48. The van der Waals surface area contributed by atoms with Gasteiger partial charge >= 0.3 is 5.97 Å². The van der Waals surface area contributed by atoms with Crippen LogP contribution in [-0.4, -0.2) is 18.2 Å². The first kappa shape index (κ1) is 11.0. The van der Waals surface area contributed by atoms with Crippen molar-refractivity contribution in [2.45, 2.75) is 0 Å². The van der Waals surface area contributed by atoms with Crippen LogP contribution >= 0.6 is 45.2 Å². The molecule has 5 heteroatoms. The number of carbonyl (C=O) groups is 1. The zero-order valence-corrected chi connectivity index (χ0v) is 11.0. The maximum Gasteiger partial charge on any atom is 0.338 e. The average molecular weight is 404 g/mol. The van der Waals surface area contributed by atoms with E-state index in [1.165, 1.54) is 13.2 Å². The summed E-state index contributed by atoms with van der Waals surface area (Å²) in [6.07, 6.45) is 0. The summed E-state index contributed by atoms with van der Waals surface area (Å²) in [6.45, 7) is 0. The first-order valence-electron chi connectivity index (χ1n) is 3.32. The van der Waals surface area contributed by atoms with Crippen LogP contribution in [-0.2, 0) is 4.74 Å². The minimum atomic E-state index is -0.387. The fraction of sp³-hybridized carbons (Fsp3) is 0.125. The van der Waals surface area contributed by atoms with Gasteiger partial charge in [-0.25, -0.2) is 4.79 Å². The number of carbonyl (C=O) groups excluding carboxylic acids is 1. The molecular formula is C8H6I2O3. The van der Waals surface area contributed by atoms with Gasteiger partial charge in [0.2, 0.25) is 0 Å². The minimum absolute atomic E-state index is 0.178. The topological polar surface area (TPSA) is 46.5 Å². The van der Waals surface area contributed by atoms with E-state index in [-0.39, 0.29) is 11.7 Å². The molecule has 0 amide bonds. The number of halogens is 2. The van der Waals surface area contributed by atoms with Gasteiger partial charge in [-0.2, -0.15) is 0 Å². The van der Waals surface area contributed by atoms with E-state index < -0.39 is 0 Å². The highest BCUT2D eigenvalue weighted by Crippen LogP contribution is 2.25. The summed E-state index contributed by atoms with van der Waals surface area (Å²) >= 11 is 3.93. The Morgan fingerprint density at radius 2 is 2.00 bits per heavy atom. The molecule has 13 heavy (non-hydrogen) atoms. The van der Waals surface area contributed by atoms with Gasteiger partial charge in [-0.05, 0) is 57.3 Å². The van der Waals surface area contributed by atoms with E-state index in [2.05, 4.69) is 4.74 Å². The van der Waals surface area contributed by atoms with Crippen molar-refractivity contribution in [1.82, 2.24) is 0 Å². The predicted octanol–water partition coefficient (Wildman–Crippen LogP) is 2.39. The van der Waals surface area contributed by atoms with E-state index in [1.807, 2.05) is 45.2 Å². The molecule has 0 heterocycles. The fourth-order valence-corrected chi connectivity index (χ4v) is 1.94. The second-order valence-corrected chi connectivity index (χ2v) is 4.60. The minimum Gasteiger partial charge on any atom is -0.507 e. The number of phenolic OH excluding ortho intramolecular Hbond substituents is 1. The van der Waals surface area contributed by atoms with Crippen LogP contribution in [0.15, 0.2) is 12.1 Å². The number of hydrogen-bond donors (Lipinski definition) is 1. The summed E-state index contributed by atoms with van der Waals surface area (Å²) in [4.78, 5) is 11.2. The summed E-state index contributed by atoms with van der Waals surface area (Å²) in [7, 11) is 1.33. The zero-order valence-electron chi connectivity index (χ0n) is 6.67. The molecule has 3 nitrogen and oxygen atoms in total. The quantitative estimate of drug-likeness (QED) is 0.578. The van der Waals surface area contributed by atoms with Crippen molar-refractivity contribution < 1.29 is 14.6 Å². The summed E-state index contributed by atoms with van der Waals surface area (Å²) in [5.74, 6) is -0.208. The van der Waals surface area contributed by atoms with Gasteiger partial charge in [0, 0.05) is 3.57 Å². The van der Waals surface area contributed by atoms with Crippen molar-refractivity contribution >= 4 is 51.2 Å². The molecule has 0 unspecified atom stereocenters. The van der Waals surface area contributed by atoms with Gasteiger partial charge in [-0.1, -0.05) is 0 Å². The van der Waals surface area contributed by atoms with Crippen molar-refractivity contribution in [3.05, 3.63) is 24.8 Å². The monoisotopic (exact) mass is 404 g/mol. The third-order valence-corrected chi connectivity index (χ3v) is 3.20. The molecule has 0 radical (unpaired) electrons. The van der Waals surface area contributed by atoms with Crippen molar-refractivity contribution in [1.29, 1.82) is 0 Å². The van der Waals surface area contributed by atoms with Crippen LogP contribution in [0.4, 0.5) is 0 Å². The Labute approximate surface area is 103 Å². The van der Waals surface area contributed by atoms with Gasteiger partial charge < -0.3 is 9.84 Å². The van der Waals surface area contributed by atoms with E-state index >= 15 is 0 Å². The summed E-state index contributed by atoms with van der Waals surface area (Å²) < 4.78 is 5.90. The van der Waals surface area contributed by atoms with E-state index in [4.69, 9.17) is 0 Å². The highest BCUT2D eigenvalue weighted by molar-refractivity contribution is 14.1. The SMILES string of the molecule is COC(=O)c1cc(I)c(O)cc1I. The lowest BCUT2D eigenvalue weighted by Crippen LogP contribution is -2.04. The molecule has 0 bridgehead atoms. The van der Waals surface area contributed by atoms with Crippen LogP contribution in [0.1, 0.15) is 10.4 Å². The number of ether oxygens (including phenoxy) is 1. The highest BCUT2D eigenvalue weighted by atomic mass is 127. The molecule has 0 saturated heterocycles. The van der Waals surface area contributed by atoms with Gasteiger partial charge in [0.25, 0.3) is 0 Å². The maximum absolute atomic E-state index is 11.2. The van der Waals surface area contributed by atoms with E-state index in [0.717, 1.165) is 0 Å².